The summed E-state index contributed by atoms with van der Waals surface area (Å²) in [5, 5.41) is 27.5. The molecule has 2 atom stereocenters. The molecule has 3 heterocycles. The first kappa shape index (κ1) is 44.9. The number of ether oxygens (including phenoxy) is 1. The number of rotatable bonds is 18. The lowest BCUT2D eigenvalue weighted by Crippen LogP contribution is -2.35. The molecule has 2 aliphatic heterocycles. The fourth-order valence-electron chi connectivity index (χ4n) is 8.74. The number of piperidine rings is 1. The number of phenolic OH excluding ortho intramolecular Hbond substituents is 1. The van der Waals surface area contributed by atoms with Crippen LogP contribution in [0.1, 0.15) is 83.8 Å². The molecule has 0 bridgehead atoms. The van der Waals surface area contributed by atoms with Crippen LogP contribution in [0.3, 0.4) is 0 Å². The Morgan fingerprint density at radius 2 is 1.57 bits per heavy atom. The highest BCUT2D eigenvalue weighted by Gasteiger charge is 2.36. The number of hydrogen-bond donors (Lipinski definition) is 4. The Hall–Kier alpha value is -6.70. The summed E-state index contributed by atoms with van der Waals surface area (Å²) in [7, 11) is 1.64. The van der Waals surface area contributed by atoms with Gasteiger partial charge in [0.1, 0.15) is 18.0 Å². The number of amides is 2. The highest BCUT2D eigenvalue weighted by atomic mass is 32.1. The van der Waals surface area contributed by atoms with Crippen molar-refractivity contribution in [3.63, 3.8) is 0 Å². The van der Waals surface area contributed by atoms with Gasteiger partial charge in [0, 0.05) is 42.0 Å². The molecule has 0 saturated carbocycles. The van der Waals surface area contributed by atoms with Crippen LogP contribution in [0.2, 0.25) is 0 Å². The second-order valence-corrected chi connectivity index (χ2v) is 17.7. The SMILES string of the molecule is CNc1c(O)ccc([C@@H](O)CNCc2ccc3c(c2)C(=O)N(Cc2ccc(-c4cccc(C(C(=O)OCC5CCN(Cc6ccccc6)CC5)c5ccccc5)c4)s2)C3=O)c1/C=C\C=O. The van der Waals surface area contributed by atoms with E-state index in [4.69, 9.17) is 4.74 Å². The van der Waals surface area contributed by atoms with E-state index in [1.807, 2.05) is 72.8 Å². The number of aliphatic hydroxyl groups excluding tert-OH is 1. The van der Waals surface area contributed by atoms with Gasteiger partial charge in [0.15, 0.2) is 0 Å². The minimum Gasteiger partial charge on any atom is -0.506 e. The fraction of sp³-hybridized carbons (Fsp3) is 0.245. The van der Waals surface area contributed by atoms with E-state index >= 15 is 0 Å². The van der Waals surface area contributed by atoms with E-state index < -0.39 is 12.0 Å². The molecule has 12 heteroatoms. The van der Waals surface area contributed by atoms with Crippen LogP contribution in [0.25, 0.3) is 16.5 Å². The Kier molecular flexibility index (Phi) is 14.4. The van der Waals surface area contributed by atoms with Gasteiger partial charge in [0.2, 0.25) is 0 Å². The van der Waals surface area contributed by atoms with E-state index in [0.29, 0.717) is 53.3 Å². The Morgan fingerprint density at radius 1 is 0.831 bits per heavy atom. The lowest BCUT2D eigenvalue weighted by Gasteiger charge is -2.32. The van der Waals surface area contributed by atoms with Gasteiger partial charge >= 0.3 is 5.97 Å². The normalized spacial score (nSPS) is 15.3. The predicted molar refractivity (Wildman–Crippen MR) is 254 cm³/mol. The zero-order chi connectivity index (χ0) is 45.3. The number of hydrogen-bond acceptors (Lipinski definition) is 11. The average molecular weight is 889 g/mol. The summed E-state index contributed by atoms with van der Waals surface area (Å²) < 4.78 is 6.10. The molecule has 1 aromatic heterocycles. The van der Waals surface area contributed by atoms with Gasteiger partial charge < -0.3 is 25.6 Å². The van der Waals surface area contributed by atoms with Crippen molar-refractivity contribution in [1.29, 1.82) is 0 Å². The lowest BCUT2D eigenvalue weighted by atomic mass is 9.90. The zero-order valence-corrected chi connectivity index (χ0v) is 37.0. The van der Waals surface area contributed by atoms with Gasteiger partial charge in [-0.3, -0.25) is 29.0 Å². The van der Waals surface area contributed by atoms with Crippen LogP contribution in [-0.2, 0) is 34.0 Å². The molecule has 6 aromatic rings. The molecular weight excluding hydrogens is 837 g/mol. The standard InChI is InChI=1S/C53H52N4O7S/c1-54-50-43(16-9-27-58)42(20-21-46(50)59)47(60)31-55-30-37-17-19-44-45(28-37)52(62)57(51(44)61)33-41-18-22-48(65-41)39-14-8-15-40(29-39)49(38-12-6-3-7-13-38)53(63)64-34-36-23-25-56(26-24-36)32-35-10-4-2-5-11-35/h2-22,27-29,36,47,49,54-55,59-60H,23-26,30-34H2,1H3/b16-9-/t47-,49?/m0/s1. The molecule has 2 amide bonds. The van der Waals surface area contributed by atoms with Gasteiger partial charge in [-0.05, 0) is 114 Å². The smallest absolute Gasteiger partial charge is 0.317 e. The van der Waals surface area contributed by atoms with E-state index in [-0.39, 0.29) is 36.6 Å². The van der Waals surface area contributed by atoms with E-state index in [0.717, 1.165) is 64.5 Å². The van der Waals surface area contributed by atoms with Crippen LogP contribution < -0.4 is 10.6 Å². The average Bonchev–Trinajstić information content (AvgIpc) is 3.90. The molecule has 8 rings (SSSR count). The summed E-state index contributed by atoms with van der Waals surface area (Å²) in [6, 6.07) is 40.3. The number of aldehydes is 1. The molecule has 0 radical (unpaired) electrons. The number of thiophene rings is 1. The number of esters is 1. The van der Waals surface area contributed by atoms with Crippen LogP contribution in [-0.4, -0.2) is 77.4 Å². The largest absolute Gasteiger partial charge is 0.506 e. The summed E-state index contributed by atoms with van der Waals surface area (Å²) in [4.78, 5) is 57.8. The molecule has 332 valence electrons. The number of nitrogens with zero attached hydrogens (tertiary/aromatic N) is 2. The third-order valence-corrected chi connectivity index (χ3v) is 13.3. The van der Waals surface area contributed by atoms with Gasteiger partial charge in [-0.25, -0.2) is 0 Å². The van der Waals surface area contributed by atoms with Crippen LogP contribution >= 0.6 is 11.3 Å². The van der Waals surface area contributed by atoms with Crippen LogP contribution in [0, 0.1) is 5.92 Å². The van der Waals surface area contributed by atoms with Gasteiger partial charge in [-0.15, -0.1) is 11.3 Å². The quantitative estimate of drug-likeness (QED) is 0.0218. The summed E-state index contributed by atoms with van der Waals surface area (Å²) in [5.41, 5.74) is 6.74. The van der Waals surface area contributed by atoms with E-state index in [9.17, 15) is 29.4 Å². The fourth-order valence-corrected chi connectivity index (χ4v) is 9.73. The van der Waals surface area contributed by atoms with E-state index in [1.165, 1.54) is 40.0 Å². The van der Waals surface area contributed by atoms with Crippen LogP contribution in [0.5, 0.6) is 5.75 Å². The molecular formula is C53H52N4O7S. The number of nitrogens with one attached hydrogen (secondary N) is 2. The number of imide groups is 1. The van der Waals surface area contributed by atoms with Crippen molar-refractivity contribution in [3.05, 3.63) is 183 Å². The number of aromatic hydroxyl groups is 1. The third-order valence-electron chi connectivity index (χ3n) is 12.2. The molecule has 1 fully saturated rings. The Labute approximate surface area is 383 Å². The topological polar surface area (TPSA) is 149 Å². The molecule has 11 nitrogen and oxygen atoms in total. The molecule has 4 N–H and O–H groups in total. The molecule has 65 heavy (non-hydrogen) atoms. The van der Waals surface area contributed by atoms with Crippen molar-refractivity contribution in [1.82, 2.24) is 15.1 Å². The summed E-state index contributed by atoms with van der Waals surface area (Å²) in [6.07, 6.45) is 4.43. The van der Waals surface area contributed by atoms with Gasteiger partial charge in [0.05, 0.1) is 36.1 Å². The first-order valence-corrected chi connectivity index (χ1v) is 22.7. The van der Waals surface area contributed by atoms with Crippen molar-refractivity contribution in [2.75, 3.05) is 38.6 Å². The second kappa shape index (κ2) is 20.9. The van der Waals surface area contributed by atoms with Gasteiger partial charge in [0.25, 0.3) is 11.8 Å². The van der Waals surface area contributed by atoms with Crippen molar-refractivity contribution in [2.45, 2.75) is 44.5 Å². The highest BCUT2D eigenvalue weighted by Crippen LogP contribution is 2.36. The van der Waals surface area contributed by atoms with E-state index in [1.54, 1.807) is 31.3 Å². The second-order valence-electron chi connectivity index (χ2n) is 16.5. The number of allylic oxidation sites excluding steroid dienone is 1. The number of aliphatic hydroxyl groups is 1. The lowest BCUT2D eigenvalue weighted by molar-refractivity contribution is -0.146. The number of fused-ring (bicyclic) bond motifs is 1. The minimum atomic E-state index is -0.975. The van der Waals surface area contributed by atoms with Crippen LogP contribution in [0.15, 0.2) is 133 Å². The number of carbonyl (C=O) groups is 4. The summed E-state index contributed by atoms with van der Waals surface area (Å²) >= 11 is 1.49. The predicted octanol–water partition coefficient (Wildman–Crippen LogP) is 8.58. The number of benzene rings is 5. The monoisotopic (exact) mass is 888 g/mol. The minimum absolute atomic E-state index is 0.0112. The molecule has 0 aliphatic carbocycles. The number of phenols is 1. The summed E-state index contributed by atoms with van der Waals surface area (Å²) in [6.45, 7) is 3.82. The molecule has 2 aliphatic rings. The maximum Gasteiger partial charge on any atom is 0.317 e. The Morgan fingerprint density at radius 3 is 2.32 bits per heavy atom. The van der Waals surface area contributed by atoms with Crippen molar-refractivity contribution in [2.24, 2.45) is 5.92 Å². The summed E-state index contributed by atoms with van der Waals surface area (Å²) in [5.74, 6) is -1.31. The number of carbonyl (C=O) groups excluding carboxylic acids is 4. The molecule has 1 unspecified atom stereocenters. The Bertz CT molecular complexity index is 2680. The van der Waals surface area contributed by atoms with Gasteiger partial charge in [-0.1, -0.05) is 91.0 Å². The third kappa shape index (κ3) is 10.5. The maximum atomic E-state index is 14.0. The molecule has 1 saturated heterocycles. The highest BCUT2D eigenvalue weighted by molar-refractivity contribution is 7.15. The maximum absolute atomic E-state index is 14.0. The zero-order valence-electron chi connectivity index (χ0n) is 36.2. The van der Waals surface area contributed by atoms with Crippen molar-refractivity contribution < 1.29 is 34.1 Å². The van der Waals surface area contributed by atoms with Crippen LogP contribution in [0.4, 0.5) is 5.69 Å². The van der Waals surface area contributed by atoms with Gasteiger partial charge in [-0.2, -0.15) is 0 Å². The van der Waals surface area contributed by atoms with Crippen molar-refractivity contribution in [3.8, 4) is 16.2 Å². The first-order chi connectivity index (χ1) is 31.7. The number of anilines is 1. The number of likely N-dealkylation sites (tertiary alicyclic amines) is 1. The molecule has 0 spiro atoms. The Balaban J connectivity index is 0.890. The van der Waals surface area contributed by atoms with Crippen molar-refractivity contribution >= 4 is 47.2 Å². The van der Waals surface area contributed by atoms with E-state index in [2.05, 4.69) is 39.8 Å². The first-order valence-electron chi connectivity index (χ1n) is 21.9. The molecule has 5 aromatic carbocycles.